The van der Waals surface area contributed by atoms with Crippen molar-refractivity contribution >= 4 is 16.5 Å². The topological polar surface area (TPSA) is 40.6 Å². The molecule has 0 aromatic carbocycles. The van der Waals surface area contributed by atoms with Gasteiger partial charge < -0.3 is 19.9 Å². The van der Waals surface area contributed by atoms with Crippen LogP contribution in [-0.2, 0) is 11.3 Å². The Morgan fingerprint density at radius 1 is 1.50 bits per heavy atom. The maximum atomic E-state index is 5.02. The first kappa shape index (κ1) is 15.7. The average Bonchev–Trinajstić information content (AvgIpc) is 2.81. The Morgan fingerprint density at radius 2 is 2.35 bits per heavy atom. The molecular weight excluding hydrogens is 272 g/mol. The quantitative estimate of drug-likeness (QED) is 0.804. The van der Waals surface area contributed by atoms with Crippen LogP contribution < -0.4 is 10.2 Å². The predicted molar refractivity (Wildman–Crippen MR) is 84.6 cm³/mol. The van der Waals surface area contributed by atoms with Gasteiger partial charge in [0.2, 0.25) is 0 Å². The molecule has 0 radical (unpaired) electrons. The van der Waals surface area contributed by atoms with Gasteiger partial charge in [0.25, 0.3) is 0 Å². The molecule has 1 N–H and O–H groups in total. The third-order valence-corrected chi connectivity index (χ3v) is 4.55. The van der Waals surface area contributed by atoms with Crippen molar-refractivity contribution in [3.05, 3.63) is 11.1 Å². The van der Waals surface area contributed by atoms with E-state index in [1.807, 2.05) is 0 Å². The fraction of sp³-hybridized carbons (Fsp3) is 0.786. The standard InChI is InChI=1S/C14H26N4OS/c1-12-10-17(2)6-4-7-18(12)14-16-13(11-20-14)9-15-5-8-19-3/h11-12,15H,4-10H2,1-3H3. The van der Waals surface area contributed by atoms with Gasteiger partial charge in [-0.05, 0) is 26.9 Å². The van der Waals surface area contributed by atoms with E-state index in [1.54, 1.807) is 18.4 Å². The van der Waals surface area contributed by atoms with Gasteiger partial charge >= 0.3 is 0 Å². The van der Waals surface area contributed by atoms with Crippen molar-refractivity contribution in [3.63, 3.8) is 0 Å². The van der Waals surface area contributed by atoms with E-state index in [0.29, 0.717) is 6.04 Å². The fourth-order valence-corrected chi connectivity index (χ4v) is 3.51. The minimum absolute atomic E-state index is 0.531. The van der Waals surface area contributed by atoms with Crippen LogP contribution in [0.1, 0.15) is 19.0 Å². The molecule has 1 aliphatic rings. The Hall–Kier alpha value is -0.690. The lowest BCUT2D eigenvalue weighted by Gasteiger charge is -2.27. The Labute approximate surface area is 125 Å². The molecule has 1 unspecified atom stereocenters. The van der Waals surface area contributed by atoms with Crippen molar-refractivity contribution in [1.82, 2.24) is 15.2 Å². The van der Waals surface area contributed by atoms with Crippen LogP contribution in [0.3, 0.4) is 0 Å². The van der Waals surface area contributed by atoms with Crippen LogP contribution in [0, 0.1) is 0 Å². The average molecular weight is 298 g/mol. The van der Waals surface area contributed by atoms with Crippen molar-refractivity contribution in [2.75, 3.05) is 51.8 Å². The highest BCUT2D eigenvalue weighted by atomic mass is 32.1. The summed E-state index contributed by atoms with van der Waals surface area (Å²) in [6, 6.07) is 0.531. The Balaban J connectivity index is 1.90. The molecule has 0 amide bonds. The minimum Gasteiger partial charge on any atom is -0.383 e. The summed E-state index contributed by atoms with van der Waals surface area (Å²) in [6.45, 7) is 8.12. The SMILES string of the molecule is COCCNCc1csc(N2CCCN(C)CC2C)n1. The van der Waals surface area contributed by atoms with Crippen LogP contribution in [0.15, 0.2) is 5.38 Å². The lowest BCUT2D eigenvalue weighted by molar-refractivity contribution is 0.199. The third-order valence-electron chi connectivity index (χ3n) is 3.62. The zero-order chi connectivity index (χ0) is 14.4. The van der Waals surface area contributed by atoms with Crippen molar-refractivity contribution in [3.8, 4) is 0 Å². The molecule has 0 spiro atoms. The highest BCUT2D eigenvalue weighted by Gasteiger charge is 2.21. The Kier molecular flexibility index (Phi) is 6.22. The van der Waals surface area contributed by atoms with Crippen molar-refractivity contribution in [1.29, 1.82) is 0 Å². The maximum absolute atomic E-state index is 5.02. The molecule has 1 fully saturated rings. The first-order valence-electron chi connectivity index (χ1n) is 7.30. The number of methoxy groups -OCH3 is 1. The summed E-state index contributed by atoms with van der Waals surface area (Å²) in [5.74, 6) is 0. The van der Waals surface area contributed by atoms with Gasteiger partial charge in [0.05, 0.1) is 12.3 Å². The fourth-order valence-electron chi connectivity index (χ4n) is 2.56. The van der Waals surface area contributed by atoms with E-state index in [9.17, 15) is 0 Å². The number of hydrogen-bond donors (Lipinski definition) is 1. The summed E-state index contributed by atoms with van der Waals surface area (Å²) < 4.78 is 5.02. The van der Waals surface area contributed by atoms with Crippen molar-refractivity contribution in [2.24, 2.45) is 0 Å². The highest BCUT2D eigenvalue weighted by Crippen LogP contribution is 2.24. The van der Waals surface area contributed by atoms with Crippen molar-refractivity contribution < 1.29 is 4.74 Å². The zero-order valence-electron chi connectivity index (χ0n) is 12.8. The van der Waals surface area contributed by atoms with Crippen LogP contribution in [-0.4, -0.2) is 62.9 Å². The van der Waals surface area contributed by atoms with Gasteiger partial charge in [0.1, 0.15) is 0 Å². The highest BCUT2D eigenvalue weighted by molar-refractivity contribution is 7.13. The molecule has 1 aromatic heterocycles. The molecule has 0 bridgehead atoms. The number of nitrogens with one attached hydrogen (secondary N) is 1. The first-order chi connectivity index (χ1) is 9.70. The monoisotopic (exact) mass is 298 g/mol. The zero-order valence-corrected chi connectivity index (χ0v) is 13.6. The van der Waals surface area contributed by atoms with Gasteiger partial charge in [0, 0.05) is 44.7 Å². The van der Waals surface area contributed by atoms with Crippen LogP contribution in [0.5, 0.6) is 0 Å². The number of rotatable bonds is 6. The predicted octanol–water partition coefficient (Wildman–Crippen LogP) is 1.41. The molecule has 0 aliphatic carbocycles. The second-order valence-electron chi connectivity index (χ2n) is 5.45. The van der Waals surface area contributed by atoms with Crippen molar-refractivity contribution in [2.45, 2.75) is 25.9 Å². The Bertz CT molecular complexity index is 398. The molecule has 1 aliphatic heterocycles. The van der Waals surface area contributed by atoms with Gasteiger partial charge in [-0.3, -0.25) is 0 Å². The van der Waals surface area contributed by atoms with E-state index < -0.39 is 0 Å². The summed E-state index contributed by atoms with van der Waals surface area (Å²) in [5, 5.41) is 6.67. The molecule has 1 atom stereocenters. The van der Waals surface area contributed by atoms with Crippen LogP contribution in [0.4, 0.5) is 5.13 Å². The number of hydrogen-bond acceptors (Lipinski definition) is 6. The molecule has 6 heteroatoms. The number of aromatic nitrogens is 1. The van der Waals surface area contributed by atoms with E-state index in [2.05, 4.69) is 34.5 Å². The Morgan fingerprint density at radius 3 is 3.15 bits per heavy atom. The summed E-state index contributed by atoms with van der Waals surface area (Å²) in [5.41, 5.74) is 1.13. The van der Waals surface area contributed by atoms with Crippen LogP contribution in [0.25, 0.3) is 0 Å². The molecule has 1 saturated heterocycles. The molecule has 20 heavy (non-hydrogen) atoms. The molecule has 2 rings (SSSR count). The largest absolute Gasteiger partial charge is 0.383 e. The summed E-state index contributed by atoms with van der Waals surface area (Å²) in [7, 11) is 3.92. The number of nitrogens with zero attached hydrogens (tertiary/aromatic N) is 3. The molecule has 0 saturated carbocycles. The van der Waals surface area contributed by atoms with E-state index in [4.69, 9.17) is 9.72 Å². The van der Waals surface area contributed by atoms with E-state index in [1.165, 1.54) is 13.0 Å². The number of likely N-dealkylation sites (N-methyl/N-ethyl adjacent to an activating group) is 1. The smallest absolute Gasteiger partial charge is 0.185 e. The second-order valence-corrected chi connectivity index (χ2v) is 6.29. The van der Waals surface area contributed by atoms with Gasteiger partial charge in [-0.15, -0.1) is 11.3 Å². The number of thiazole rings is 1. The minimum atomic E-state index is 0.531. The molecular formula is C14H26N4OS. The third kappa shape index (κ3) is 4.41. The lowest BCUT2D eigenvalue weighted by Crippen LogP contribution is -2.37. The first-order valence-corrected chi connectivity index (χ1v) is 8.18. The molecule has 2 heterocycles. The summed E-state index contributed by atoms with van der Waals surface area (Å²) in [6.07, 6.45) is 1.21. The van der Waals surface area contributed by atoms with Gasteiger partial charge in [0.15, 0.2) is 5.13 Å². The summed E-state index contributed by atoms with van der Waals surface area (Å²) >= 11 is 1.76. The van der Waals surface area contributed by atoms with E-state index in [-0.39, 0.29) is 0 Å². The number of anilines is 1. The van der Waals surface area contributed by atoms with Crippen LogP contribution in [0.2, 0.25) is 0 Å². The molecule has 1 aromatic rings. The van der Waals surface area contributed by atoms with Gasteiger partial charge in [-0.1, -0.05) is 0 Å². The molecule has 5 nitrogen and oxygen atoms in total. The van der Waals surface area contributed by atoms with Gasteiger partial charge in [-0.25, -0.2) is 4.98 Å². The maximum Gasteiger partial charge on any atom is 0.185 e. The second kappa shape index (κ2) is 7.93. The lowest BCUT2D eigenvalue weighted by atomic mass is 10.3. The summed E-state index contributed by atoms with van der Waals surface area (Å²) in [4.78, 5) is 9.63. The normalized spacial score (nSPS) is 21.1. The number of ether oxygens (including phenoxy) is 1. The van der Waals surface area contributed by atoms with E-state index in [0.717, 1.165) is 43.6 Å². The molecule has 114 valence electrons. The van der Waals surface area contributed by atoms with Crippen LogP contribution >= 0.6 is 11.3 Å². The van der Waals surface area contributed by atoms with E-state index >= 15 is 0 Å². The van der Waals surface area contributed by atoms with Gasteiger partial charge in [-0.2, -0.15) is 0 Å².